The fourth-order valence-corrected chi connectivity index (χ4v) is 5.26. The van der Waals surface area contributed by atoms with Crippen LogP contribution in [-0.2, 0) is 26.2 Å². The van der Waals surface area contributed by atoms with Crippen molar-refractivity contribution in [3.63, 3.8) is 0 Å². The smallest absolute Gasteiger partial charge is 0.244 e. The van der Waals surface area contributed by atoms with Crippen LogP contribution >= 0.6 is 0 Å². The minimum absolute atomic E-state index is 0.0444. The zero-order valence-corrected chi connectivity index (χ0v) is 21.6. The molecular weight excluding hydrogens is 469 g/mol. The van der Waals surface area contributed by atoms with E-state index < -0.39 is 34.3 Å². The second-order valence-corrected chi connectivity index (χ2v) is 11.2. The molecule has 2 aromatic rings. The number of benzene rings is 2. The van der Waals surface area contributed by atoms with Gasteiger partial charge in [-0.05, 0) is 68.5 Å². The highest BCUT2D eigenvalue weighted by molar-refractivity contribution is 7.92. The topological polar surface area (TPSA) is 86.8 Å². The molecule has 3 rings (SSSR count). The van der Waals surface area contributed by atoms with Gasteiger partial charge in [-0.25, -0.2) is 12.8 Å². The second-order valence-electron chi connectivity index (χ2n) is 9.30. The van der Waals surface area contributed by atoms with Gasteiger partial charge in [0.25, 0.3) is 0 Å². The van der Waals surface area contributed by atoms with E-state index in [1.807, 2.05) is 13.0 Å². The number of amides is 2. The van der Waals surface area contributed by atoms with Gasteiger partial charge in [0.1, 0.15) is 18.4 Å². The maximum atomic E-state index is 13.6. The van der Waals surface area contributed by atoms with Crippen molar-refractivity contribution >= 4 is 27.5 Å². The van der Waals surface area contributed by atoms with Crippen molar-refractivity contribution in [2.45, 2.75) is 65.1 Å². The van der Waals surface area contributed by atoms with Gasteiger partial charge in [-0.2, -0.15) is 0 Å². The Kier molecular flexibility index (Phi) is 8.53. The van der Waals surface area contributed by atoms with Gasteiger partial charge in [0, 0.05) is 12.6 Å². The molecule has 2 aromatic carbocycles. The quantitative estimate of drug-likeness (QED) is 0.566. The first-order chi connectivity index (χ1) is 16.5. The Balaban J connectivity index is 1.90. The normalized spacial score (nSPS) is 15.0. The SMILES string of the molecule is Cc1cccc(N(CC(=O)N(Cc2ccc(F)cc2)[C@@H](C)C(=O)NC2CCCC2)S(C)(=O)=O)c1C. The van der Waals surface area contributed by atoms with Crippen molar-refractivity contribution in [1.29, 1.82) is 0 Å². The number of carbonyl (C=O) groups is 2. The van der Waals surface area contributed by atoms with Crippen molar-refractivity contribution in [3.05, 3.63) is 65.0 Å². The molecule has 0 spiro atoms. The average Bonchev–Trinajstić information content (AvgIpc) is 3.31. The van der Waals surface area contributed by atoms with E-state index in [2.05, 4.69) is 5.32 Å². The Labute approximate surface area is 207 Å². The molecule has 0 saturated heterocycles. The van der Waals surface area contributed by atoms with Crippen molar-refractivity contribution in [1.82, 2.24) is 10.2 Å². The molecule has 0 unspecified atom stereocenters. The summed E-state index contributed by atoms with van der Waals surface area (Å²) in [6, 6.07) is 10.2. The number of carbonyl (C=O) groups excluding carboxylic acids is 2. The summed E-state index contributed by atoms with van der Waals surface area (Å²) in [5.41, 5.74) is 2.71. The maximum absolute atomic E-state index is 13.6. The monoisotopic (exact) mass is 503 g/mol. The van der Waals surface area contributed by atoms with Crippen molar-refractivity contribution in [3.8, 4) is 0 Å². The summed E-state index contributed by atoms with van der Waals surface area (Å²) in [5, 5.41) is 3.02. The van der Waals surface area contributed by atoms with Crippen LogP contribution < -0.4 is 9.62 Å². The Morgan fingerprint density at radius 3 is 2.31 bits per heavy atom. The lowest BCUT2D eigenvalue weighted by Crippen LogP contribution is -2.52. The molecule has 0 bridgehead atoms. The van der Waals surface area contributed by atoms with Crippen LogP contribution in [0.5, 0.6) is 0 Å². The molecule has 0 aromatic heterocycles. The van der Waals surface area contributed by atoms with E-state index in [4.69, 9.17) is 0 Å². The van der Waals surface area contributed by atoms with Crippen LogP contribution in [0.3, 0.4) is 0 Å². The minimum atomic E-state index is -3.79. The van der Waals surface area contributed by atoms with Gasteiger partial charge >= 0.3 is 0 Å². The fraction of sp³-hybridized carbons (Fsp3) is 0.462. The lowest BCUT2D eigenvalue weighted by molar-refractivity contribution is -0.139. The minimum Gasteiger partial charge on any atom is -0.352 e. The Morgan fingerprint density at radius 2 is 1.71 bits per heavy atom. The summed E-state index contributed by atoms with van der Waals surface area (Å²) in [5.74, 6) is -1.21. The van der Waals surface area contributed by atoms with Gasteiger partial charge in [0.2, 0.25) is 21.8 Å². The molecule has 35 heavy (non-hydrogen) atoms. The van der Waals surface area contributed by atoms with Crippen LogP contribution in [0.4, 0.5) is 10.1 Å². The second kappa shape index (κ2) is 11.2. The Morgan fingerprint density at radius 1 is 1.09 bits per heavy atom. The van der Waals surface area contributed by atoms with Crippen molar-refractivity contribution < 1.29 is 22.4 Å². The van der Waals surface area contributed by atoms with Gasteiger partial charge in [-0.15, -0.1) is 0 Å². The van der Waals surface area contributed by atoms with E-state index in [0.29, 0.717) is 11.3 Å². The van der Waals surface area contributed by atoms with Crippen molar-refractivity contribution in [2.75, 3.05) is 17.1 Å². The number of aryl methyl sites for hydroxylation is 1. The first-order valence-electron chi connectivity index (χ1n) is 11.9. The number of sulfonamides is 1. The van der Waals surface area contributed by atoms with Crippen LogP contribution in [0.2, 0.25) is 0 Å². The molecule has 9 heteroatoms. The van der Waals surface area contributed by atoms with Gasteiger partial charge in [-0.3, -0.25) is 13.9 Å². The molecule has 1 fully saturated rings. The first-order valence-corrected chi connectivity index (χ1v) is 13.7. The van der Waals surface area contributed by atoms with Crippen LogP contribution in [0.15, 0.2) is 42.5 Å². The number of anilines is 1. The van der Waals surface area contributed by atoms with Gasteiger partial charge in [0.15, 0.2) is 0 Å². The Bertz CT molecular complexity index is 1160. The highest BCUT2D eigenvalue weighted by Gasteiger charge is 2.31. The number of rotatable bonds is 9. The largest absolute Gasteiger partial charge is 0.352 e. The van der Waals surface area contributed by atoms with E-state index in [1.54, 1.807) is 38.1 Å². The third-order valence-electron chi connectivity index (χ3n) is 6.66. The third-order valence-corrected chi connectivity index (χ3v) is 7.79. The zero-order chi connectivity index (χ0) is 25.8. The molecule has 1 aliphatic rings. The molecule has 1 aliphatic carbocycles. The number of nitrogens with zero attached hydrogens (tertiary/aromatic N) is 2. The summed E-state index contributed by atoms with van der Waals surface area (Å²) in [4.78, 5) is 28.0. The standard InChI is InChI=1S/C26H34FN3O4S/c1-18-8-7-11-24(19(18)2)30(35(4,33)34)17-25(31)29(16-21-12-14-22(27)15-13-21)20(3)26(32)28-23-9-5-6-10-23/h7-8,11-15,20,23H,5-6,9-10,16-17H2,1-4H3,(H,28,32)/t20-/m0/s1. The zero-order valence-electron chi connectivity index (χ0n) is 20.8. The van der Waals surface area contributed by atoms with Crippen LogP contribution in [0.1, 0.15) is 49.3 Å². The van der Waals surface area contributed by atoms with Gasteiger partial charge in [-0.1, -0.05) is 37.1 Å². The number of hydrogen-bond donors (Lipinski definition) is 1. The molecule has 190 valence electrons. The molecule has 0 aliphatic heterocycles. The van der Waals surface area contributed by atoms with Crippen LogP contribution in [0, 0.1) is 19.7 Å². The lowest BCUT2D eigenvalue weighted by Gasteiger charge is -2.32. The molecule has 1 saturated carbocycles. The average molecular weight is 504 g/mol. The molecule has 1 atom stereocenters. The Hall–Kier alpha value is -2.94. The number of nitrogens with one attached hydrogen (secondary N) is 1. The van der Waals surface area contributed by atoms with E-state index >= 15 is 0 Å². The molecule has 7 nitrogen and oxygen atoms in total. The van der Waals surface area contributed by atoms with E-state index in [9.17, 15) is 22.4 Å². The highest BCUT2D eigenvalue weighted by atomic mass is 32.2. The van der Waals surface area contributed by atoms with Crippen LogP contribution in [-0.4, -0.2) is 50.0 Å². The molecule has 2 amide bonds. The van der Waals surface area contributed by atoms with E-state index in [1.165, 1.54) is 17.0 Å². The summed E-state index contributed by atoms with van der Waals surface area (Å²) >= 11 is 0. The fourth-order valence-electron chi connectivity index (χ4n) is 4.36. The number of hydrogen-bond acceptors (Lipinski definition) is 4. The predicted molar refractivity (Wildman–Crippen MR) is 135 cm³/mol. The summed E-state index contributed by atoms with van der Waals surface area (Å²) in [7, 11) is -3.79. The summed E-state index contributed by atoms with van der Waals surface area (Å²) in [6.45, 7) is 4.90. The van der Waals surface area contributed by atoms with Crippen molar-refractivity contribution in [2.24, 2.45) is 0 Å². The molecule has 0 heterocycles. The molecule has 0 radical (unpaired) electrons. The summed E-state index contributed by atoms with van der Waals surface area (Å²) < 4.78 is 40.0. The van der Waals surface area contributed by atoms with Gasteiger partial charge < -0.3 is 10.2 Å². The molecule has 1 N–H and O–H groups in total. The predicted octanol–water partition coefficient (Wildman–Crippen LogP) is 3.68. The highest BCUT2D eigenvalue weighted by Crippen LogP contribution is 2.25. The first kappa shape index (κ1) is 26.7. The van der Waals surface area contributed by atoms with E-state index in [-0.39, 0.29) is 18.5 Å². The third kappa shape index (κ3) is 6.81. The number of halogens is 1. The molecular formula is C26H34FN3O4S. The summed E-state index contributed by atoms with van der Waals surface area (Å²) in [6.07, 6.45) is 4.97. The van der Waals surface area contributed by atoms with Gasteiger partial charge in [0.05, 0.1) is 11.9 Å². The maximum Gasteiger partial charge on any atom is 0.244 e. The van der Waals surface area contributed by atoms with Crippen LogP contribution in [0.25, 0.3) is 0 Å². The van der Waals surface area contributed by atoms with E-state index in [0.717, 1.165) is 47.4 Å². The lowest BCUT2D eigenvalue weighted by atomic mass is 10.1.